The van der Waals surface area contributed by atoms with Gasteiger partial charge in [-0.05, 0) is 38.3 Å². The SMILES string of the molecule is Cc1cc(-c2nnc(SCc3csc(-c4ccccc4C)n3)n2CC2CCCO2)cs1. The van der Waals surface area contributed by atoms with E-state index >= 15 is 0 Å². The van der Waals surface area contributed by atoms with Crippen LogP contribution in [0.15, 0.2) is 46.2 Å². The predicted octanol–water partition coefficient (Wildman–Crippen LogP) is 6.22. The molecule has 160 valence electrons. The molecular weight excluding hydrogens is 444 g/mol. The van der Waals surface area contributed by atoms with Gasteiger partial charge in [-0.3, -0.25) is 4.57 Å². The van der Waals surface area contributed by atoms with Crippen molar-refractivity contribution in [2.75, 3.05) is 6.61 Å². The lowest BCUT2D eigenvalue weighted by molar-refractivity contribution is 0.0953. The fourth-order valence-corrected chi connectivity index (χ4v) is 6.31. The van der Waals surface area contributed by atoms with E-state index < -0.39 is 0 Å². The van der Waals surface area contributed by atoms with E-state index in [1.54, 1.807) is 34.4 Å². The normalized spacial score (nSPS) is 16.3. The largest absolute Gasteiger partial charge is 0.376 e. The quantitative estimate of drug-likeness (QED) is 0.301. The molecule has 5 rings (SSSR count). The fourth-order valence-electron chi connectivity index (χ4n) is 3.77. The molecule has 8 heteroatoms. The van der Waals surface area contributed by atoms with E-state index in [2.05, 4.69) is 69.7 Å². The van der Waals surface area contributed by atoms with Crippen molar-refractivity contribution in [3.8, 4) is 22.0 Å². The molecule has 1 aliphatic rings. The topological polar surface area (TPSA) is 52.8 Å². The molecule has 1 fully saturated rings. The molecule has 1 atom stereocenters. The van der Waals surface area contributed by atoms with Crippen LogP contribution >= 0.6 is 34.4 Å². The highest BCUT2D eigenvalue weighted by atomic mass is 32.2. The van der Waals surface area contributed by atoms with Crippen molar-refractivity contribution in [3.63, 3.8) is 0 Å². The molecule has 1 unspecified atom stereocenters. The summed E-state index contributed by atoms with van der Waals surface area (Å²) < 4.78 is 8.14. The molecule has 1 saturated heterocycles. The van der Waals surface area contributed by atoms with Crippen LogP contribution in [0.4, 0.5) is 0 Å². The van der Waals surface area contributed by atoms with E-state index in [1.165, 1.54) is 16.0 Å². The maximum absolute atomic E-state index is 5.91. The molecule has 31 heavy (non-hydrogen) atoms. The summed E-state index contributed by atoms with van der Waals surface area (Å²) in [6, 6.07) is 10.6. The van der Waals surface area contributed by atoms with Crippen LogP contribution in [0.5, 0.6) is 0 Å². The van der Waals surface area contributed by atoms with Gasteiger partial charge in [0.1, 0.15) is 5.01 Å². The van der Waals surface area contributed by atoms with Crippen LogP contribution in [0.25, 0.3) is 22.0 Å². The van der Waals surface area contributed by atoms with Crippen molar-refractivity contribution in [2.24, 2.45) is 0 Å². The van der Waals surface area contributed by atoms with E-state index in [0.717, 1.165) is 59.0 Å². The number of thiophene rings is 1. The van der Waals surface area contributed by atoms with E-state index in [4.69, 9.17) is 9.72 Å². The first kappa shape index (κ1) is 20.9. The van der Waals surface area contributed by atoms with Gasteiger partial charge < -0.3 is 4.74 Å². The summed E-state index contributed by atoms with van der Waals surface area (Å²) in [5.41, 5.74) is 4.67. The minimum absolute atomic E-state index is 0.237. The Kier molecular flexibility index (Phi) is 6.22. The number of ether oxygens (including phenoxy) is 1. The maximum atomic E-state index is 5.91. The lowest BCUT2D eigenvalue weighted by atomic mass is 10.1. The Labute approximate surface area is 194 Å². The van der Waals surface area contributed by atoms with Gasteiger partial charge in [-0.1, -0.05) is 36.0 Å². The van der Waals surface area contributed by atoms with Crippen molar-refractivity contribution in [1.29, 1.82) is 0 Å². The Hall–Kier alpha value is -2.00. The van der Waals surface area contributed by atoms with Crippen LogP contribution in [0.3, 0.4) is 0 Å². The Balaban J connectivity index is 1.36. The van der Waals surface area contributed by atoms with E-state index in [0.29, 0.717) is 0 Å². The second-order valence-electron chi connectivity index (χ2n) is 7.75. The molecule has 5 nitrogen and oxygen atoms in total. The number of aryl methyl sites for hydroxylation is 2. The monoisotopic (exact) mass is 468 g/mol. The Morgan fingerprint density at radius 2 is 2.06 bits per heavy atom. The molecule has 0 spiro atoms. The number of thioether (sulfide) groups is 1. The molecule has 4 aromatic rings. The molecule has 0 saturated carbocycles. The lowest BCUT2D eigenvalue weighted by Crippen LogP contribution is -2.16. The van der Waals surface area contributed by atoms with Gasteiger partial charge in [0.05, 0.1) is 18.3 Å². The Bertz CT molecular complexity index is 1170. The number of hydrogen-bond acceptors (Lipinski definition) is 7. The van der Waals surface area contributed by atoms with Crippen molar-refractivity contribution >= 4 is 34.4 Å². The number of rotatable bonds is 7. The van der Waals surface area contributed by atoms with E-state index in [1.807, 2.05) is 0 Å². The summed E-state index contributed by atoms with van der Waals surface area (Å²) in [4.78, 5) is 6.15. The van der Waals surface area contributed by atoms with Crippen LogP contribution in [0.2, 0.25) is 0 Å². The molecule has 4 heterocycles. The standard InChI is InChI=1S/C23H24N4OS3/c1-15-6-3-4-8-20(15)22-24-18(13-30-22)14-31-23-26-25-21(17-10-16(2)29-12-17)27(23)11-19-7-5-9-28-19/h3-4,6,8,10,12-13,19H,5,7,9,11,14H2,1-2H3. The van der Waals surface area contributed by atoms with Gasteiger partial charge in [-0.25, -0.2) is 4.98 Å². The summed E-state index contributed by atoms with van der Waals surface area (Å²) in [6.45, 7) is 5.90. The van der Waals surface area contributed by atoms with Crippen LogP contribution < -0.4 is 0 Å². The molecule has 1 aliphatic heterocycles. The van der Waals surface area contributed by atoms with Crippen molar-refractivity contribution in [1.82, 2.24) is 19.7 Å². The van der Waals surface area contributed by atoms with Crippen LogP contribution in [-0.2, 0) is 17.0 Å². The molecule has 0 N–H and O–H groups in total. The lowest BCUT2D eigenvalue weighted by Gasteiger charge is -2.14. The third kappa shape index (κ3) is 4.62. The number of aromatic nitrogens is 4. The van der Waals surface area contributed by atoms with Crippen molar-refractivity contribution in [3.05, 3.63) is 57.2 Å². The van der Waals surface area contributed by atoms with E-state index in [9.17, 15) is 0 Å². The molecule has 3 aromatic heterocycles. The zero-order valence-electron chi connectivity index (χ0n) is 17.6. The fraction of sp³-hybridized carbons (Fsp3) is 0.348. The van der Waals surface area contributed by atoms with Crippen LogP contribution in [-0.4, -0.2) is 32.5 Å². The van der Waals surface area contributed by atoms with Crippen molar-refractivity contribution in [2.45, 2.75) is 50.2 Å². The van der Waals surface area contributed by atoms with Gasteiger partial charge in [0, 0.05) is 39.1 Å². The molecule has 0 bridgehead atoms. The van der Waals surface area contributed by atoms with Gasteiger partial charge in [0.15, 0.2) is 11.0 Å². The summed E-state index contributed by atoms with van der Waals surface area (Å²) in [7, 11) is 0. The highest BCUT2D eigenvalue weighted by molar-refractivity contribution is 7.98. The number of thiazole rings is 1. The van der Waals surface area contributed by atoms with Crippen molar-refractivity contribution < 1.29 is 4.74 Å². The zero-order chi connectivity index (χ0) is 21.2. The first-order chi connectivity index (χ1) is 15.2. The van der Waals surface area contributed by atoms with Gasteiger partial charge in [0.25, 0.3) is 0 Å². The highest BCUT2D eigenvalue weighted by Gasteiger charge is 2.22. The summed E-state index contributed by atoms with van der Waals surface area (Å²) in [6.07, 6.45) is 2.46. The summed E-state index contributed by atoms with van der Waals surface area (Å²) >= 11 is 5.15. The van der Waals surface area contributed by atoms with Gasteiger partial charge in [-0.15, -0.1) is 32.9 Å². The van der Waals surface area contributed by atoms with E-state index in [-0.39, 0.29) is 6.10 Å². The predicted molar refractivity (Wildman–Crippen MR) is 129 cm³/mol. The molecular formula is C23H24N4OS3. The highest BCUT2D eigenvalue weighted by Crippen LogP contribution is 2.32. The number of nitrogens with zero attached hydrogens (tertiary/aromatic N) is 4. The minimum Gasteiger partial charge on any atom is -0.376 e. The second-order valence-corrected chi connectivity index (χ2v) is 10.7. The van der Waals surface area contributed by atoms with Crippen LogP contribution in [0.1, 0.15) is 29.0 Å². The third-order valence-corrected chi connectivity index (χ3v) is 8.18. The van der Waals surface area contributed by atoms with Gasteiger partial charge in [0.2, 0.25) is 0 Å². The van der Waals surface area contributed by atoms with Gasteiger partial charge in [-0.2, -0.15) is 0 Å². The maximum Gasteiger partial charge on any atom is 0.191 e. The third-order valence-electron chi connectivity index (χ3n) is 5.39. The minimum atomic E-state index is 0.237. The summed E-state index contributed by atoms with van der Waals surface area (Å²) in [5.74, 6) is 1.70. The average molecular weight is 469 g/mol. The Morgan fingerprint density at radius 1 is 1.16 bits per heavy atom. The molecule has 1 aromatic carbocycles. The Morgan fingerprint density at radius 3 is 2.84 bits per heavy atom. The smallest absolute Gasteiger partial charge is 0.191 e. The number of benzene rings is 1. The summed E-state index contributed by atoms with van der Waals surface area (Å²) in [5, 5.41) is 15.4. The second kappa shape index (κ2) is 9.24. The molecule has 0 radical (unpaired) electrons. The number of hydrogen-bond donors (Lipinski definition) is 0. The average Bonchev–Trinajstić information content (AvgIpc) is 3.55. The van der Waals surface area contributed by atoms with Gasteiger partial charge >= 0.3 is 0 Å². The molecule has 0 amide bonds. The zero-order valence-corrected chi connectivity index (χ0v) is 20.0. The van der Waals surface area contributed by atoms with Crippen LogP contribution in [0, 0.1) is 13.8 Å². The molecule has 0 aliphatic carbocycles. The first-order valence-corrected chi connectivity index (χ1v) is 13.2. The first-order valence-electron chi connectivity index (χ1n) is 10.4.